The maximum Gasteiger partial charge on any atom is 0.315 e. The first-order valence-corrected chi connectivity index (χ1v) is 5.95. The minimum absolute atomic E-state index is 0.424. The second-order valence-corrected chi connectivity index (χ2v) is 5.11. The molecule has 1 heterocycles. The first kappa shape index (κ1) is 13.0. The second-order valence-electron chi connectivity index (χ2n) is 3.31. The number of carbonyl (C=O) groups is 2. The van der Waals surface area contributed by atoms with Gasteiger partial charge in [0.15, 0.2) is 0 Å². The molecule has 1 amide bonds. The van der Waals surface area contributed by atoms with Crippen molar-refractivity contribution >= 4 is 34.8 Å². The highest BCUT2D eigenvalue weighted by Crippen LogP contribution is 2.21. The topological polar surface area (TPSA) is 66.4 Å². The van der Waals surface area contributed by atoms with Crippen molar-refractivity contribution in [2.45, 2.75) is 13.3 Å². The minimum atomic E-state index is -1.11. The highest BCUT2D eigenvalue weighted by molar-refractivity contribution is 7.16. The highest BCUT2D eigenvalue weighted by Gasteiger charge is 2.19. The monoisotopic (exact) mass is 261 g/mol. The number of amides is 1. The van der Waals surface area contributed by atoms with E-state index in [0.717, 1.165) is 4.88 Å². The van der Waals surface area contributed by atoms with E-state index in [1.165, 1.54) is 18.3 Å². The number of nitrogens with one attached hydrogen (secondary N) is 1. The van der Waals surface area contributed by atoms with Crippen LogP contribution >= 0.6 is 22.9 Å². The van der Waals surface area contributed by atoms with Crippen LogP contribution in [-0.4, -0.2) is 23.5 Å². The predicted octanol–water partition coefficient (Wildman–Crippen LogP) is 1.78. The molecule has 1 aromatic heterocycles. The molecule has 0 radical (unpaired) electrons. The molecule has 0 bridgehead atoms. The van der Waals surface area contributed by atoms with Crippen LogP contribution in [0.1, 0.15) is 11.8 Å². The maximum absolute atomic E-state index is 11.3. The molecule has 4 nitrogen and oxygen atoms in total. The Morgan fingerprint density at radius 3 is 2.75 bits per heavy atom. The summed E-state index contributed by atoms with van der Waals surface area (Å²) in [6, 6.07) is 3.68. The summed E-state index contributed by atoms with van der Waals surface area (Å²) in [6.07, 6.45) is 0.662. The van der Waals surface area contributed by atoms with Crippen molar-refractivity contribution in [2.24, 2.45) is 5.92 Å². The molecule has 2 N–H and O–H groups in total. The molecule has 0 fully saturated rings. The van der Waals surface area contributed by atoms with E-state index < -0.39 is 17.8 Å². The number of rotatable bonds is 5. The summed E-state index contributed by atoms with van der Waals surface area (Å²) in [5.74, 6) is -2.58. The zero-order valence-corrected chi connectivity index (χ0v) is 10.3. The average molecular weight is 262 g/mol. The van der Waals surface area contributed by atoms with Gasteiger partial charge in [0, 0.05) is 11.4 Å². The molecule has 0 aliphatic carbocycles. The first-order valence-electron chi connectivity index (χ1n) is 4.75. The lowest BCUT2D eigenvalue weighted by molar-refractivity contribution is -0.146. The van der Waals surface area contributed by atoms with Crippen molar-refractivity contribution in [3.05, 3.63) is 21.3 Å². The van der Waals surface area contributed by atoms with Crippen molar-refractivity contribution in [1.29, 1.82) is 0 Å². The summed E-state index contributed by atoms with van der Waals surface area (Å²) in [4.78, 5) is 22.8. The largest absolute Gasteiger partial charge is 0.481 e. The Hall–Kier alpha value is -1.07. The Balaban J connectivity index is 2.30. The van der Waals surface area contributed by atoms with Gasteiger partial charge in [-0.05, 0) is 25.5 Å². The van der Waals surface area contributed by atoms with Gasteiger partial charge >= 0.3 is 5.97 Å². The van der Waals surface area contributed by atoms with Gasteiger partial charge in [-0.1, -0.05) is 11.6 Å². The standard InChI is InChI=1S/C10H12ClNO3S/c1-6(10(14)15)9(13)12-5-4-7-2-3-8(11)16-7/h2-3,6H,4-5H2,1H3,(H,12,13)(H,14,15). The molecule has 1 unspecified atom stereocenters. The van der Waals surface area contributed by atoms with Crippen molar-refractivity contribution in [3.8, 4) is 0 Å². The number of carboxylic acid groups (broad SMARTS) is 1. The zero-order chi connectivity index (χ0) is 12.1. The van der Waals surface area contributed by atoms with Crippen molar-refractivity contribution in [2.75, 3.05) is 6.54 Å². The van der Waals surface area contributed by atoms with Crippen LogP contribution in [0.3, 0.4) is 0 Å². The fourth-order valence-corrected chi connectivity index (χ4v) is 2.15. The van der Waals surface area contributed by atoms with E-state index in [0.29, 0.717) is 17.3 Å². The molecule has 0 saturated carbocycles. The molecule has 0 aliphatic rings. The molecule has 0 aromatic carbocycles. The van der Waals surface area contributed by atoms with Gasteiger partial charge in [-0.2, -0.15) is 0 Å². The molecule has 0 spiro atoms. The van der Waals surface area contributed by atoms with E-state index in [9.17, 15) is 9.59 Å². The van der Waals surface area contributed by atoms with Crippen LogP contribution in [0.15, 0.2) is 12.1 Å². The number of hydrogen-bond acceptors (Lipinski definition) is 3. The Morgan fingerprint density at radius 2 is 2.25 bits per heavy atom. The molecule has 0 saturated heterocycles. The fraction of sp³-hybridized carbons (Fsp3) is 0.400. The minimum Gasteiger partial charge on any atom is -0.481 e. The van der Waals surface area contributed by atoms with Gasteiger partial charge in [-0.3, -0.25) is 9.59 Å². The Kier molecular flexibility index (Phi) is 4.76. The Bertz CT molecular complexity index is 391. The van der Waals surface area contributed by atoms with Crippen LogP contribution in [-0.2, 0) is 16.0 Å². The van der Waals surface area contributed by atoms with Crippen molar-refractivity contribution in [1.82, 2.24) is 5.32 Å². The predicted molar refractivity (Wildman–Crippen MR) is 62.8 cm³/mol. The molecule has 16 heavy (non-hydrogen) atoms. The van der Waals surface area contributed by atoms with Gasteiger partial charge in [0.25, 0.3) is 0 Å². The summed E-state index contributed by atoms with van der Waals surface area (Å²) in [5.41, 5.74) is 0. The van der Waals surface area contributed by atoms with E-state index in [-0.39, 0.29) is 0 Å². The smallest absolute Gasteiger partial charge is 0.315 e. The van der Waals surface area contributed by atoms with Crippen LogP contribution in [0.25, 0.3) is 0 Å². The van der Waals surface area contributed by atoms with Crippen molar-refractivity contribution < 1.29 is 14.7 Å². The van der Waals surface area contributed by atoms with Gasteiger partial charge < -0.3 is 10.4 Å². The highest BCUT2D eigenvalue weighted by atomic mass is 35.5. The van der Waals surface area contributed by atoms with E-state index in [4.69, 9.17) is 16.7 Å². The van der Waals surface area contributed by atoms with Crippen LogP contribution < -0.4 is 5.32 Å². The SMILES string of the molecule is CC(C(=O)O)C(=O)NCCc1ccc(Cl)s1. The van der Waals surface area contributed by atoms with Crippen molar-refractivity contribution in [3.63, 3.8) is 0 Å². The Morgan fingerprint density at radius 1 is 1.56 bits per heavy atom. The molecule has 1 aromatic rings. The lowest BCUT2D eigenvalue weighted by Gasteiger charge is -2.07. The van der Waals surface area contributed by atoms with E-state index in [1.807, 2.05) is 6.07 Å². The molecular weight excluding hydrogens is 250 g/mol. The van der Waals surface area contributed by atoms with E-state index in [1.54, 1.807) is 6.07 Å². The molecular formula is C10H12ClNO3S. The third-order valence-electron chi connectivity index (χ3n) is 2.06. The van der Waals surface area contributed by atoms with E-state index >= 15 is 0 Å². The third-order valence-corrected chi connectivity index (χ3v) is 3.35. The van der Waals surface area contributed by atoms with Gasteiger partial charge in [-0.15, -0.1) is 11.3 Å². The lowest BCUT2D eigenvalue weighted by atomic mass is 10.1. The average Bonchev–Trinajstić information content (AvgIpc) is 2.62. The number of carbonyl (C=O) groups excluding carboxylic acids is 1. The number of halogens is 1. The Labute approximate surface area is 102 Å². The number of thiophene rings is 1. The molecule has 0 aliphatic heterocycles. The summed E-state index contributed by atoms with van der Waals surface area (Å²) in [6.45, 7) is 1.78. The quantitative estimate of drug-likeness (QED) is 0.794. The normalized spacial score (nSPS) is 12.1. The number of carboxylic acids is 1. The van der Waals surface area contributed by atoms with E-state index in [2.05, 4.69) is 5.32 Å². The summed E-state index contributed by atoms with van der Waals surface area (Å²) >= 11 is 7.20. The van der Waals surface area contributed by atoms with Crippen LogP contribution in [0, 0.1) is 5.92 Å². The summed E-state index contributed by atoms with van der Waals surface area (Å²) < 4.78 is 0.709. The lowest BCUT2D eigenvalue weighted by Crippen LogP contribution is -2.34. The van der Waals surface area contributed by atoms with Gasteiger partial charge in [0.2, 0.25) is 5.91 Å². The molecule has 1 rings (SSSR count). The van der Waals surface area contributed by atoms with Gasteiger partial charge in [0.1, 0.15) is 5.92 Å². The first-order chi connectivity index (χ1) is 7.50. The summed E-state index contributed by atoms with van der Waals surface area (Å²) in [5, 5.41) is 11.2. The zero-order valence-electron chi connectivity index (χ0n) is 8.70. The number of aliphatic carboxylic acids is 1. The third kappa shape index (κ3) is 3.83. The molecule has 6 heteroatoms. The second kappa shape index (κ2) is 5.86. The maximum atomic E-state index is 11.3. The number of hydrogen-bond donors (Lipinski definition) is 2. The van der Waals surface area contributed by atoms with Crippen LogP contribution in [0.2, 0.25) is 4.34 Å². The fourth-order valence-electron chi connectivity index (χ4n) is 1.06. The van der Waals surface area contributed by atoms with Gasteiger partial charge in [0.05, 0.1) is 4.34 Å². The molecule has 1 atom stereocenters. The van der Waals surface area contributed by atoms with Crippen LogP contribution in [0.4, 0.5) is 0 Å². The molecule has 88 valence electrons. The van der Waals surface area contributed by atoms with Crippen LogP contribution in [0.5, 0.6) is 0 Å². The van der Waals surface area contributed by atoms with Gasteiger partial charge in [-0.25, -0.2) is 0 Å². The summed E-state index contributed by atoms with van der Waals surface area (Å²) in [7, 11) is 0.